The molecule has 0 aromatic heterocycles. The Labute approximate surface area is 75.1 Å². The van der Waals surface area contributed by atoms with Crippen LogP contribution in [0.15, 0.2) is 0 Å². The quantitative estimate of drug-likeness (QED) is 0.637. The molecule has 0 bridgehead atoms. The van der Waals surface area contributed by atoms with E-state index in [1.54, 1.807) is 0 Å². The molecule has 0 saturated carbocycles. The monoisotopic (exact) mass is 325 g/mol. The van der Waals surface area contributed by atoms with Gasteiger partial charge in [-0.25, -0.2) is 0 Å². The van der Waals surface area contributed by atoms with Gasteiger partial charge in [0.2, 0.25) is 0 Å². The van der Waals surface area contributed by atoms with Crippen molar-refractivity contribution in [2.45, 2.75) is 13.0 Å². The van der Waals surface area contributed by atoms with Crippen LogP contribution in [-0.4, -0.2) is 27.6 Å². The molecule has 0 rings (SSSR count). The van der Waals surface area contributed by atoms with Gasteiger partial charge < -0.3 is 6.15 Å². The van der Waals surface area contributed by atoms with E-state index in [1.165, 1.54) is 6.92 Å². The van der Waals surface area contributed by atoms with E-state index >= 15 is 0 Å². The first kappa shape index (κ1) is 13.8. The van der Waals surface area contributed by atoms with Gasteiger partial charge in [0.05, 0.1) is 0 Å². The summed E-state index contributed by atoms with van der Waals surface area (Å²) in [5.74, 6) is 0. The zero-order chi connectivity index (χ0) is 7.49. The smallest absolute Gasteiger partial charge is 0.344 e. The molecule has 0 heterocycles. The molecule has 0 fully saturated rings. The second-order valence-electron chi connectivity index (χ2n) is 1.30. The topological polar surface area (TPSA) is 61.3 Å². The summed E-state index contributed by atoms with van der Waals surface area (Å²) in [6.07, 6.45) is -0.00738. The first-order valence-electron chi connectivity index (χ1n) is 2.01. The van der Waals surface area contributed by atoms with E-state index in [0.29, 0.717) is 6.29 Å². The molecule has 0 aliphatic heterocycles. The summed E-state index contributed by atoms with van der Waals surface area (Å²) in [6, 6.07) is 0. The number of rotatable bonds is 3. The fourth-order valence-electron chi connectivity index (χ4n) is 0.195. The van der Waals surface area contributed by atoms with Crippen LogP contribution in [0.4, 0.5) is 0 Å². The molecule has 0 saturated heterocycles. The van der Waals surface area contributed by atoms with E-state index < -0.39 is 21.3 Å². The maximum atomic E-state index is 9.91. The summed E-state index contributed by atoms with van der Waals surface area (Å²) in [6.45, 7) is 1.53. The maximum absolute atomic E-state index is 9.91. The SMILES string of the molecule is CC(C=O)O[Te](Cl)(Cl)Cl.N. The summed E-state index contributed by atoms with van der Waals surface area (Å²) in [5.41, 5.74) is 0. The molecule has 0 aromatic rings. The third kappa shape index (κ3) is 9.25. The first-order valence-corrected chi connectivity index (χ1v) is 11.8. The van der Waals surface area contributed by atoms with E-state index in [0.717, 1.165) is 0 Å². The Hall–Kier alpha value is 1.25. The Kier molecular flexibility index (Phi) is 8.07. The van der Waals surface area contributed by atoms with Crippen LogP contribution in [-0.2, 0) is 7.90 Å². The van der Waals surface area contributed by atoms with Gasteiger partial charge in [0, 0.05) is 0 Å². The van der Waals surface area contributed by atoms with Crippen molar-refractivity contribution >= 4 is 48.4 Å². The number of carbonyl (C=O) groups is 1. The Morgan fingerprint density at radius 1 is 1.50 bits per heavy atom. The number of aldehydes is 1. The van der Waals surface area contributed by atoms with Crippen LogP contribution < -0.4 is 6.15 Å². The van der Waals surface area contributed by atoms with Crippen LogP contribution in [0.2, 0.25) is 0 Å². The van der Waals surface area contributed by atoms with Crippen molar-refractivity contribution in [1.29, 1.82) is 0 Å². The van der Waals surface area contributed by atoms with Gasteiger partial charge in [-0.2, -0.15) is 0 Å². The van der Waals surface area contributed by atoms with Crippen molar-refractivity contribution in [3.63, 3.8) is 0 Å². The average molecular weight is 324 g/mol. The van der Waals surface area contributed by atoms with Crippen molar-refractivity contribution in [3.05, 3.63) is 0 Å². The molecule has 1 unspecified atom stereocenters. The second-order valence-corrected chi connectivity index (χ2v) is 15.9. The maximum Gasteiger partial charge on any atom is -0.344 e. The van der Waals surface area contributed by atoms with Gasteiger partial charge in [-0.1, -0.05) is 0 Å². The van der Waals surface area contributed by atoms with Gasteiger partial charge in [0.15, 0.2) is 0 Å². The van der Waals surface area contributed by atoms with Gasteiger partial charge >= 0.3 is 69.3 Å². The van der Waals surface area contributed by atoms with Gasteiger partial charge in [-0.3, -0.25) is 0 Å². The molecule has 3 nitrogen and oxygen atoms in total. The van der Waals surface area contributed by atoms with Crippen LogP contribution in [0, 0.1) is 0 Å². The summed E-state index contributed by atoms with van der Waals surface area (Å²) in [4.78, 5) is 9.91. The molecular weight excluding hydrogens is 316 g/mol. The number of hydrogen-bond donors (Lipinski definition) is 1. The van der Waals surface area contributed by atoms with Crippen molar-refractivity contribution in [1.82, 2.24) is 6.15 Å². The van der Waals surface area contributed by atoms with Crippen LogP contribution in [0.25, 0.3) is 0 Å². The van der Waals surface area contributed by atoms with E-state index in [9.17, 15) is 4.79 Å². The molecule has 3 N–H and O–H groups in total. The van der Waals surface area contributed by atoms with Crippen molar-refractivity contribution in [2.75, 3.05) is 0 Å². The summed E-state index contributed by atoms with van der Waals surface area (Å²) >= 11 is -3.52. The van der Waals surface area contributed by atoms with Crippen LogP contribution >= 0.6 is 26.9 Å². The molecule has 0 aliphatic carbocycles. The van der Waals surface area contributed by atoms with Gasteiger partial charge in [-0.15, -0.1) is 0 Å². The average Bonchev–Trinajstić information content (AvgIpc) is 1.62. The van der Waals surface area contributed by atoms with Crippen LogP contribution in [0.1, 0.15) is 6.92 Å². The minimum Gasteiger partial charge on any atom is -0.344 e. The van der Waals surface area contributed by atoms with E-state index in [1.807, 2.05) is 0 Å². The molecule has 10 heavy (non-hydrogen) atoms. The van der Waals surface area contributed by atoms with Crippen LogP contribution in [0.5, 0.6) is 0 Å². The molecule has 0 aliphatic rings. The molecule has 0 spiro atoms. The minimum atomic E-state index is -3.52. The predicted molar refractivity (Wildman–Crippen MR) is 44.9 cm³/mol. The zero-order valence-corrected chi connectivity index (χ0v) is 9.82. The van der Waals surface area contributed by atoms with Gasteiger partial charge in [-0.05, 0) is 0 Å². The van der Waals surface area contributed by atoms with E-state index in [2.05, 4.69) is 0 Å². The second kappa shape index (κ2) is 5.84. The molecule has 64 valence electrons. The molecule has 0 radical (unpaired) electrons. The predicted octanol–water partition coefficient (Wildman–Crippen LogP) is 1.90. The summed E-state index contributed by atoms with van der Waals surface area (Å²) in [5, 5.41) is 0. The molecule has 0 amide bonds. The van der Waals surface area contributed by atoms with Crippen molar-refractivity contribution in [3.8, 4) is 0 Å². The normalized spacial score (nSPS) is 15.2. The molecular formula is C3H8Cl3NO2Te. The first-order chi connectivity index (χ1) is 3.95. The molecule has 0 aromatic carbocycles. The van der Waals surface area contributed by atoms with Crippen LogP contribution in [0.3, 0.4) is 0 Å². The van der Waals surface area contributed by atoms with Crippen molar-refractivity contribution in [2.24, 2.45) is 0 Å². The number of hydrogen-bond acceptors (Lipinski definition) is 3. The zero-order valence-electron chi connectivity index (χ0n) is 5.22. The Morgan fingerprint density at radius 3 is 2.00 bits per heavy atom. The fourth-order valence-corrected chi connectivity index (χ4v) is 3.62. The Bertz CT molecular complexity index is 106. The summed E-state index contributed by atoms with van der Waals surface area (Å²) < 4.78 is 4.71. The van der Waals surface area contributed by atoms with Gasteiger partial charge in [0.25, 0.3) is 0 Å². The van der Waals surface area contributed by atoms with Crippen molar-refractivity contribution < 1.29 is 7.90 Å². The molecule has 1 atom stereocenters. The largest absolute Gasteiger partial charge is 0.344 e. The fraction of sp³-hybridized carbons (Fsp3) is 0.667. The third-order valence-electron chi connectivity index (χ3n) is 0.453. The third-order valence-corrected chi connectivity index (χ3v) is 3.41. The van der Waals surface area contributed by atoms with E-state index in [4.69, 9.17) is 30.0 Å². The van der Waals surface area contributed by atoms with Gasteiger partial charge in [0.1, 0.15) is 0 Å². The molecule has 7 heteroatoms. The number of halogens is 3. The Balaban J connectivity index is 0. The minimum absolute atomic E-state index is 0. The Morgan fingerprint density at radius 2 is 1.90 bits per heavy atom. The number of carbonyl (C=O) groups excluding carboxylic acids is 1. The summed E-state index contributed by atoms with van der Waals surface area (Å²) in [7, 11) is 16.0. The van der Waals surface area contributed by atoms with E-state index in [-0.39, 0.29) is 6.15 Å². The standard InChI is InChI=1S/C3H5Cl3O2Te.H3N/c1-3(2-7)8-9(4,5)6;/h2-3H,1H3;1H3.